The van der Waals surface area contributed by atoms with Crippen LogP contribution < -0.4 is 10.6 Å². The first-order valence-corrected chi connectivity index (χ1v) is 9.70. The molecular formula is C20H24ClN7O2. The number of aromatic amines is 1. The minimum atomic E-state index is -0.331. The summed E-state index contributed by atoms with van der Waals surface area (Å²) in [5.41, 5.74) is 2.90. The molecule has 0 unspecified atom stereocenters. The van der Waals surface area contributed by atoms with Gasteiger partial charge in [-0.05, 0) is 37.6 Å². The molecular weight excluding hydrogens is 406 g/mol. The minimum Gasteiger partial charge on any atom is -0.382 e. The van der Waals surface area contributed by atoms with Gasteiger partial charge in [-0.15, -0.1) is 0 Å². The van der Waals surface area contributed by atoms with Crippen LogP contribution in [0.2, 0.25) is 5.02 Å². The van der Waals surface area contributed by atoms with Gasteiger partial charge in [0.2, 0.25) is 5.96 Å². The lowest BCUT2D eigenvalue weighted by atomic mass is 10.1. The number of ether oxygens (including phenoxy) is 1. The quantitative estimate of drug-likeness (QED) is 0.412. The van der Waals surface area contributed by atoms with Gasteiger partial charge in [0.1, 0.15) is 5.69 Å². The Balaban J connectivity index is 1.80. The lowest BCUT2D eigenvalue weighted by molar-refractivity contribution is 0.0967. The van der Waals surface area contributed by atoms with Crippen LogP contribution >= 0.6 is 11.6 Å². The van der Waals surface area contributed by atoms with Crippen LogP contribution in [0.4, 0.5) is 5.82 Å². The number of hydrogen-bond acceptors (Lipinski definition) is 5. The summed E-state index contributed by atoms with van der Waals surface area (Å²) in [5.74, 6) is 0.435. The highest BCUT2D eigenvalue weighted by Crippen LogP contribution is 2.21. The number of methoxy groups -OCH3 is 1. The number of H-pyrrole nitrogens is 1. The van der Waals surface area contributed by atoms with Crippen LogP contribution in [0.25, 0.3) is 11.3 Å². The average molecular weight is 430 g/mol. The van der Waals surface area contributed by atoms with Gasteiger partial charge in [0.15, 0.2) is 5.82 Å². The van der Waals surface area contributed by atoms with Crippen molar-refractivity contribution in [2.75, 3.05) is 19.0 Å². The second-order valence-electron chi connectivity index (χ2n) is 6.83. The van der Waals surface area contributed by atoms with E-state index in [2.05, 4.69) is 30.9 Å². The largest absolute Gasteiger partial charge is 0.382 e. The molecule has 0 saturated carbocycles. The highest BCUT2D eigenvalue weighted by molar-refractivity contribution is 6.30. The Hall–Kier alpha value is -3.17. The SMILES string of the molecule is COC[C@H](C)N=C(NC(=O)c1cc(C)nn1C)Nc1cc(-c2ccc(Cl)cc2)[nH]n1. The molecule has 3 aromatic rings. The summed E-state index contributed by atoms with van der Waals surface area (Å²) < 4.78 is 6.67. The fourth-order valence-corrected chi connectivity index (χ4v) is 3.00. The second-order valence-corrected chi connectivity index (χ2v) is 7.27. The normalized spacial score (nSPS) is 12.6. The molecule has 0 fully saturated rings. The predicted octanol–water partition coefficient (Wildman–Crippen LogP) is 3.00. The van der Waals surface area contributed by atoms with Crippen molar-refractivity contribution in [1.82, 2.24) is 25.3 Å². The molecule has 3 rings (SSSR count). The summed E-state index contributed by atoms with van der Waals surface area (Å²) >= 11 is 5.95. The lowest BCUT2D eigenvalue weighted by Crippen LogP contribution is -2.38. The van der Waals surface area contributed by atoms with Crippen molar-refractivity contribution in [3.8, 4) is 11.3 Å². The number of carbonyl (C=O) groups is 1. The fourth-order valence-electron chi connectivity index (χ4n) is 2.87. The van der Waals surface area contributed by atoms with Crippen molar-refractivity contribution in [3.63, 3.8) is 0 Å². The molecule has 1 aromatic carbocycles. The fraction of sp³-hybridized carbons (Fsp3) is 0.300. The summed E-state index contributed by atoms with van der Waals surface area (Å²) in [5, 5.41) is 17.9. The van der Waals surface area contributed by atoms with E-state index in [-0.39, 0.29) is 17.9 Å². The summed E-state index contributed by atoms with van der Waals surface area (Å²) in [4.78, 5) is 17.2. The zero-order chi connectivity index (χ0) is 21.7. The molecule has 3 N–H and O–H groups in total. The Morgan fingerprint density at radius 2 is 2.07 bits per heavy atom. The van der Waals surface area contributed by atoms with E-state index < -0.39 is 0 Å². The van der Waals surface area contributed by atoms with Gasteiger partial charge in [0, 0.05) is 25.2 Å². The van der Waals surface area contributed by atoms with E-state index in [1.165, 1.54) is 4.68 Å². The van der Waals surface area contributed by atoms with Gasteiger partial charge in [-0.3, -0.25) is 19.9 Å². The number of aryl methyl sites for hydroxylation is 2. The topological polar surface area (TPSA) is 109 Å². The van der Waals surface area contributed by atoms with Crippen molar-refractivity contribution in [2.24, 2.45) is 12.0 Å². The molecule has 1 amide bonds. The Labute approximate surface area is 179 Å². The van der Waals surface area contributed by atoms with E-state index in [1.807, 2.05) is 32.0 Å². The third-order valence-electron chi connectivity index (χ3n) is 4.20. The maximum atomic E-state index is 12.7. The number of aromatic nitrogens is 4. The smallest absolute Gasteiger partial charge is 0.276 e. The maximum absolute atomic E-state index is 12.7. The molecule has 0 saturated heterocycles. The van der Waals surface area contributed by atoms with Crippen molar-refractivity contribution < 1.29 is 9.53 Å². The van der Waals surface area contributed by atoms with Gasteiger partial charge in [0.25, 0.3) is 5.91 Å². The Bertz CT molecular complexity index is 1040. The van der Waals surface area contributed by atoms with Gasteiger partial charge < -0.3 is 10.1 Å². The number of amides is 1. The van der Waals surface area contributed by atoms with Crippen LogP contribution in [-0.4, -0.2) is 51.6 Å². The monoisotopic (exact) mass is 429 g/mol. The third-order valence-corrected chi connectivity index (χ3v) is 4.46. The summed E-state index contributed by atoms with van der Waals surface area (Å²) in [7, 11) is 3.31. The second kappa shape index (κ2) is 9.55. The van der Waals surface area contributed by atoms with Crippen molar-refractivity contribution >= 4 is 29.3 Å². The Kier molecular flexibility index (Phi) is 6.86. The van der Waals surface area contributed by atoms with E-state index in [4.69, 9.17) is 16.3 Å². The highest BCUT2D eigenvalue weighted by Gasteiger charge is 2.16. The van der Waals surface area contributed by atoms with Gasteiger partial charge in [-0.1, -0.05) is 23.7 Å². The summed E-state index contributed by atoms with van der Waals surface area (Å²) in [6, 6.07) is 10.7. The molecule has 0 spiro atoms. The first kappa shape index (κ1) is 21.5. The van der Waals surface area contributed by atoms with E-state index in [9.17, 15) is 4.79 Å². The number of benzene rings is 1. The number of hydrogen-bond donors (Lipinski definition) is 3. The first-order chi connectivity index (χ1) is 14.4. The number of rotatable bonds is 6. The highest BCUT2D eigenvalue weighted by atomic mass is 35.5. The molecule has 0 aliphatic carbocycles. The number of carbonyl (C=O) groups excluding carboxylic acids is 1. The van der Waals surface area contributed by atoms with Crippen LogP contribution in [0, 0.1) is 6.92 Å². The molecule has 2 heterocycles. The third kappa shape index (κ3) is 5.46. The number of halogens is 1. The number of anilines is 1. The van der Waals surface area contributed by atoms with Crippen LogP contribution in [0.3, 0.4) is 0 Å². The molecule has 158 valence electrons. The lowest BCUT2D eigenvalue weighted by Gasteiger charge is -2.12. The van der Waals surface area contributed by atoms with Gasteiger partial charge in [-0.2, -0.15) is 10.2 Å². The van der Waals surface area contributed by atoms with Crippen LogP contribution in [0.5, 0.6) is 0 Å². The van der Waals surface area contributed by atoms with Crippen LogP contribution in [0.1, 0.15) is 23.1 Å². The van der Waals surface area contributed by atoms with Gasteiger partial charge in [0.05, 0.1) is 24.0 Å². The van der Waals surface area contributed by atoms with Crippen molar-refractivity contribution in [3.05, 3.63) is 52.8 Å². The predicted molar refractivity (Wildman–Crippen MR) is 117 cm³/mol. The van der Waals surface area contributed by atoms with Crippen LogP contribution in [0.15, 0.2) is 41.4 Å². The molecule has 10 heteroatoms. The Morgan fingerprint density at radius 3 is 2.70 bits per heavy atom. The van der Waals surface area contributed by atoms with E-state index in [1.54, 1.807) is 32.4 Å². The Morgan fingerprint density at radius 1 is 1.33 bits per heavy atom. The van der Waals surface area contributed by atoms with E-state index in [0.29, 0.717) is 23.1 Å². The minimum absolute atomic E-state index is 0.180. The molecule has 0 bridgehead atoms. The molecule has 30 heavy (non-hydrogen) atoms. The van der Waals surface area contributed by atoms with E-state index in [0.717, 1.165) is 17.0 Å². The van der Waals surface area contributed by atoms with Gasteiger partial charge in [-0.25, -0.2) is 4.99 Å². The van der Waals surface area contributed by atoms with E-state index >= 15 is 0 Å². The molecule has 0 aliphatic rings. The van der Waals surface area contributed by atoms with Crippen molar-refractivity contribution in [2.45, 2.75) is 19.9 Å². The number of guanidine groups is 1. The standard InChI is InChI=1S/C20H24ClN7O2/c1-12-9-17(28(3)27-12)19(29)24-20(22-13(2)11-30-4)23-18-10-16(25-26-18)14-5-7-15(21)8-6-14/h5-10,13H,11H2,1-4H3,(H3,22,23,24,25,26,29)/t13-/m0/s1. The number of nitrogens with one attached hydrogen (secondary N) is 3. The number of aliphatic imine (C=N–C) groups is 1. The maximum Gasteiger partial charge on any atom is 0.276 e. The molecule has 9 nitrogen and oxygen atoms in total. The van der Waals surface area contributed by atoms with Crippen LogP contribution in [-0.2, 0) is 11.8 Å². The zero-order valence-corrected chi connectivity index (χ0v) is 18.0. The molecule has 0 radical (unpaired) electrons. The van der Waals surface area contributed by atoms with Gasteiger partial charge >= 0.3 is 0 Å². The summed E-state index contributed by atoms with van der Waals surface area (Å²) in [6.45, 7) is 4.12. The van der Waals surface area contributed by atoms with Crippen molar-refractivity contribution in [1.29, 1.82) is 0 Å². The molecule has 2 aromatic heterocycles. The number of nitrogens with zero attached hydrogens (tertiary/aromatic N) is 4. The average Bonchev–Trinajstić information content (AvgIpc) is 3.28. The molecule has 0 aliphatic heterocycles. The zero-order valence-electron chi connectivity index (χ0n) is 17.2. The summed E-state index contributed by atoms with van der Waals surface area (Å²) in [6.07, 6.45) is 0. The first-order valence-electron chi connectivity index (χ1n) is 9.33. The molecule has 1 atom stereocenters.